The smallest absolute Gasteiger partial charge is 0.0348 e. The van der Waals surface area contributed by atoms with Crippen molar-refractivity contribution < 1.29 is 0 Å². The summed E-state index contributed by atoms with van der Waals surface area (Å²) in [7, 11) is 0. The predicted molar refractivity (Wildman–Crippen MR) is 105 cm³/mol. The molecule has 0 bridgehead atoms. The van der Waals surface area contributed by atoms with Crippen LogP contribution in [0.25, 0.3) is 0 Å². The summed E-state index contributed by atoms with van der Waals surface area (Å²) >= 11 is 0. The molecule has 0 radical (unpaired) electrons. The molecular weight excluding hydrogens is 276 g/mol. The van der Waals surface area contributed by atoms with Crippen molar-refractivity contribution in [3.63, 3.8) is 0 Å². The van der Waals surface area contributed by atoms with E-state index in [1.165, 1.54) is 44.9 Å². The monoisotopic (exact) mass is 306 g/mol. The van der Waals surface area contributed by atoms with Gasteiger partial charge in [-0.25, -0.2) is 0 Å². The second-order valence-electron chi connectivity index (χ2n) is 5.51. The van der Waals surface area contributed by atoms with Crippen LogP contribution in [0, 0.1) is 0 Å². The highest BCUT2D eigenvalue weighted by Gasteiger charge is 1.88. The lowest BCUT2D eigenvalue weighted by Crippen LogP contribution is -1.78. The number of allylic oxidation sites excluding steroid dienone is 16. The summed E-state index contributed by atoms with van der Waals surface area (Å²) in [6, 6.07) is 0. The Balaban J connectivity index is 2.44. The van der Waals surface area contributed by atoms with Crippen LogP contribution < -0.4 is 0 Å². The molecule has 0 fully saturated rings. The Bertz CT molecular complexity index is 444. The zero-order valence-electron chi connectivity index (χ0n) is 14.2. The van der Waals surface area contributed by atoms with Gasteiger partial charge in [-0.05, 0) is 25.7 Å². The van der Waals surface area contributed by atoms with Gasteiger partial charge in [-0.2, -0.15) is 0 Å². The van der Waals surface area contributed by atoms with E-state index in [9.17, 15) is 0 Å². The Morgan fingerprint density at radius 3 is 0.870 bits per heavy atom. The van der Waals surface area contributed by atoms with Gasteiger partial charge in [-0.15, -0.1) is 0 Å². The maximum atomic E-state index is 2.26. The SMILES string of the molecule is C1=CCCCCCCC\C=C/C=C\C=C/C=C\C=C/C=C\C=C/1. The molecule has 0 atom stereocenters. The summed E-state index contributed by atoms with van der Waals surface area (Å²) in [5.74, 6) is 0. The van der Waals surface area contributed by atoms with Gasteiger partial charge in [-0.1, -0.05) is 116 Å². The molecule has 122 valence electrons. The molecular formula is C23H30. The molecule has 0 amide bonds. The molecule has 0 aliphatic heterocycles. The lowest BCUT2D eigenvalue weighted by Gasteiger charge is -1.97. The Labute approximate surface area is 142 Å². The van der Waals surface area contributed by atoms with Crippen molar-refractivity contribution in [3.05, 3.63) is 97.2 Å². The topological polar surface area (TPSA) is 0 Å². The van der Waals surface area contributed by atoms with Crippen molar-refractivity contribution in [2.45, 2.75) is 44.9 Å². The summed E-state index contributed by atoms with van der Waals surface area (Å²) in [4.78, 5) is 0. The highest BCUT2D eigenvalue weighted by atomic mass is 13.9. The normalized spacial score (nSPS) is 28.2. The summed E-state index contributed by atoms with van der Waals surface area (Å²) < 4.78 is 0. The van der Waals surface area contributed by atoms with Crippen LogP contribution in [0.1, 0.15) is 44.9 Å². The molecule has 0 aromatic carbocycles. The van der Waals surface area contributed by atoms with E-state index in [4.69, 9.17) is 0 Å². The van der Waals surface area contributed by atoms with Gasteiger partial charge in [0.2, 0.25) is 0 Å². The fourth-order valence-corrected chi connectivity index (χ4v) is 2.17. The second kappa shape index (κ2) is 16.3. The molecule has 1 aliphatic carbocycles. The maximum absolute atomic E-state index is 2.26. The number of rotatable bonds is 0. The molecule has 23 heavy (non-hydrogen) atoms. The third kappa shape index (κ3) is 14.6. The lowest BCUT2D eigenvalue weighted by atomic mass is 10.1. The van der Waals surface area contributed by atoms with E-state index >= 15 is 0 Å². The van der Waals surface area contributed by atoms with Crippen molar-refractivity contribution >= 4 is 0 Å². The first-order valence-corrected chi connectivity index (χ1v) is 8.82. The minimum Gasteiger partial charge on any atom is -0.0845 e. The first-order chi connectivity index (χ1) is 11.5. The van der Waals surface area contributed by atoms with E-state index in [0.717, 1.165) is 0 Å². The van der Waals surface area contributed by atoms with Crippen LogP contribution in [-0.2, 0) is 0 Å². The highest BCUT2D eigenvalue weighted by Crippen LogP contribution is 2.08. The highest BCUT2D eigenvalue weighted by molar-refractivity contribution is 5.21. The average molecular weight is 306 g/mol. The van der Waals surface area contributed by atoms with Gasteiger partial charge >= 0.3 is 0 Å². The molecule has 1 aliphatic rings. The van der Waals surface area contributed by atoms with Gasteiger partial charge in [0.1, 0.15) is 0 Å². The zero-order chi connectivity index (χ0) is 16.3. The Morgan fingerprint density at radius 2 is 0.522 bits per heavy atom. The predicted octanol–water partition coefficient (Wildman–Crippen LogP) is 7.18. The molecule has 0 aromatic heterocycles. The van der Waals surface area contributed by atoms with E-state index in [1.807, 2.05) is 36.5 Å². The Hall–Kier alpha value is -2.08. The fraction of sp³-hybridized carbons (Fsp3) is 0.304. The van der Waals surface area contributed by atoms with Crippen molar-refractivity contribution in [2.24, 2.45) is 0 Å². The molecule has 0 aromatic rings. The van der Waals surface area contributed by atoms with Crippen LogP contribution >= 0.6 is 0 Å². The van der Waals surface area contributed by atoms with E-state index < -0.39 is 0 Å². The first kappa shape index (κ1) is 19.0. The molecule has 0 heterocycles. The van der Waals surface area contributed by atoms with Crippen molar-refractivity contribution in [2.75, 3.05) is 0 Å². The minimum absolute atomic E-state index is 1.19. The summed E-state index contributed by atoms with van der Waals surface area (Å²) in [5.41, 5.74) is 0. The molecule has 1 rings (SSSR count). The fourth-order valence-electron chi connectivity index (χ4n) is 2.17. The molecule has 0 unspecified atom stereocenters. The van der Waals surface area contributed by atoms with Crippen molar-refractivity contribution in [1.82, 2.24) is 0 Å². The largest absolute Gasteiger partial charge is 0.0845 e. The number of hydrogen-bond acceptors (Lipinski definition) is 0. The number of hydrogen-bond donors (Lipinski definition) is 0. The van der Waals surface area contributed by atoms with Crippen LogP contribution in [-0.4, -0.2) is 0 Å². The van der Waals surface area contributed by atoms with E-state index in [-0.39, 0.29) is 0 Å². The minimum atomic E-state index is 1.19. The van der Waals surface area contributed by atoms with Crippen LogP contribution in [0.5, 0.6) is 0 Å². The van der Waals surface area contributed by atoms with E-state index in [2.05, 4.69) is 60.8 Å². The van der Waals surface area contributed by atoms with Crippen LogP contribution in [0.4, 0.5) is 0 Å². The third-order valence-corrected chi connectivity index (χ3v) is 3.46. The molecule has 0 nitrogen and oxygen atoms in total. The van der Waals surface area contributed by atoms with Gasteiger partial charge in [-0.3, -0.25) is 0 Å². The van der Waals surface area contributed by atoms with Crippen LogP contribution in [0.15, 0.2) is 97.2 Å². The second-order valence-corrected chi connectivity index (χ2v) is 5.51. The summed E-state index contributed by atoms with van der Waals surface area (Å²) in [5, 5.41) is 0. The van der Waals surface area contributed by atoms with Gasteiger partial charge in [0.25, 0.3) is 0 Å². The lowest BCUT2D eigenvalue weighted by molar-refractivity contribution is 0.622. The first-order valence-electron chi connectivity index (χ1n) is 8.82. The molecule has 0 heteroatoms. The molecule has 0 N–H and O–H groups in total. The van der Waals surface area contributed by atoms with Crippen LogP contribution in [0.2, 0.25) is 0 Å². The Morgan fingerprint density at radius 1 is 0.261 bits per heavy atom. The molecule has 0 saturated carbocycles. The summed E-state index contributed by atoms with van der Waals surface area (Å²) in [6.45, 7) is 0. The van der Waals surface area contributed by atoms with Crippen LogP contribution in [0.3, 0.4) is 0 Å². The van der Waals surface area contributed by atoms with E-state index in [0.29, 0.717) is 0 Å². The zero-order valence-corrected chi connectivity index (χ0v) is 14.2. The maximum Gasteiger partial charge on any atom is -0.0348 e. The van der Waals surface area contributed by atoms with Gasteiger partial charge in [0.05, 0.1) is 0 Å². The quantitative estimate of drug-likeness (QED) is 0.444. The third-order valence-electron chi connectivity index (χ3n) is 3.46. The van der Waals surface area contributed by atoms with Gasteiger partial charge in [0.15, 0.2) is 0 Å². The van der Waals surface area contributed by atoms with Crippen molar-refractivity contribution in [3.8, 4) is 0 Å². The summed E-state index contributed by atoms with van der Waals surface area (Å²) in [6.07, 6.45) is 42.5. The molecule has 0 saturated heterocycles. The average Bonchev–Trinajstić information content (AvgIpc) is 2.56. The standard InChI is InChI=1S/C23H30/c1-2-4-6-8-10-12-14-16-18-20-22-23-21-19-17-15-13-11-9-7-5-3-1/h1-16H,17-23H2/b3-1-,4-2-,7-5-,8-6-,11-9-,12-10-,15-13-,16-14?. The van der Waals surface area contributed by atoms with E-state index in [1.54, 1.807) is 0 Å². The van der Waals surface area contributed by atoms with Gasteiger partial charge < -0.3 is 0 Å². The van der Waals surface area contributed by atoms with Gasteiger partial charge in [0, 0.05) is 0 Å². The molecule has 0 spiro atoms. The van der Waals surface area contributed by atoms with Crippen molar-refractivity contribution in [1.29, 1.82) is 0 Å². The Kier molecular flexibility index (Phi) is 13.4.